The first-order valence-corrected chi connectivity index (χ1v) is 5.28. The van der Waals surface area contributed by atoms with Gasteiger partial charge in [0.15, 0.2) is 0 Å². The van der Waals surface area contributed by atoms with E-state index in [0.29, 0.717) is 0 Å². The summed E-state index contributed by atoms with van der Waals surface area (Å²) in [6.07, 6.45) is 6.92. The van der Waals surface area contributed by atoms with Gasteiger partial charge < -0.3 is 4.74 Å². The fraction of sp³-hybridized carbons (Fsp3) is 0.385. The van der Waals surface area contributed by atoms with Gasteiger partial charge in [0.2, 0.25) is 0 Å². The number of hydrogen-bond donors (Lipinski definition) is 0. The molecule has 1 aliphatic rings. The van der Waals surface area contributed by atoms with Gasteiger partial charge in [0.05, 0.1) is 6.61 Å². The largest absolute Gasteiger partial charge is 0.365 e. The van der Waals surface area contributed by atoms with Crippen LogP contribution in [0.2, 0.25) is 0 Å². The van der Waals surface area contributed by atoms with Crippen LogP contribution in [0.15, 0.2) is 36.4 Å². The molecule has 0 aromatic heterocycles. The molecule has 0 saturated carbocycles. The summed E-state index contributed by atoms with van der Waals surface area (Å²) < 4.78 is 5.68. The third-order valence-corrected chi connectivity index (χ3v) is 2.55. The van der Waals surface area contributed by atoms with Crippen molar-refractivity contribution in [3.63, 3.8) is 0 Å². The van der Waals surface area contributed by atoms with E-state index >= 15 is 0 Å². The van der Waals surface area contributed by atoms with Gasteiger partial charge in [0.25, 0.3) is 0 Å². The van der Waals surface area contributed by atoms with E-state index in [9.17, 15) is 0 Å². The molecule has 1 aromatic rings. The second-order valence-corrected chi connectivity index (χ2v) is 3.65. The Bertz CT molecular complexity index is 328. The molecule has 1 nitrogen and oxygen atoms in total. The normalized spacial score (nSPS) is 20.2. The maximum atomic E-state index is 5.68. The molecule has 1 atom stereocenters. The number of ether oxygens (including phenoxy) is 1. The summed E-state index contributed by atoms with van der Waals surface area (Å²) in [6.45, 7) is 2.95. The average Bonchev–Trinajstić information content (AvgIpc) is 2.63. The van der Waals surface area contributed by atoms with E-state index in [1.165, 1.54) is 17.5 Å². The summed E-state index contributed by atoms with van der Waals surface area (Å²) in [6, 6.07) is 8.45. The summed E-state index contributed by atoms with van der Waals surface area (Å²) in [5.41, 5.74) is 2.67. The zero-order chi connectivity index (χ0) is 9.80. The highest BCUT2D eigenvalue weighted by molar-refractivity contribution is 5.33. The van der Waals surface area contributed by atoms with Crippen LogP contribution in [-0.2, 0) is 11.3 Å². The average molecular weight is 188 g/mol. The molecular formula is C13H16O. The molecule has 1 unspecified atom stereocenters. The molecule has 0 fully saturated rings. The highest BCUT2D eigenvalue weighted by Gasteiger charge is 2.19. The van der Waals surface area contributed by atoms with Crippen molar-refractivity contribution in [3.8, 4) is 0 Å². The van der Waals surface area contributed by atoms with E-state index in [0.717, 1.165) is 13.0 Å². The number of benzene rings is 1. The van der Waals surface area contributed by atoms with E-state index in [4.69, 9.17) is 4.74 Å². The van der Waals surface area contributed by atoms with Gasteiger partial charge in [-0.2, -0.15) is 0 Å². The Kier molecular flexibility index (Phi) is 3.00. The number of hydrogen-bond acceptors (Lipinski definition) is 1. The predicted octanol–water partition coefficient (Wildman–Crippen LogP) is 3.61. The van der Waals surface area contributed by atoms with Crippen LogP contribution in [-0.4, -0.2) is 0 Å². The minimum Gasteiger partial charge on any atom is -0.365 e. The van der Waals surface area contributed by atoms with Crippen LogP contribution < -0.4 is 0 Å². The van der Waals surface area contributed by atoms with Crippen molar-refractivity contribution >= 4 is 0 Å². The highest BCUT2D eigenvalue weighted by Crippen LogP contribution is 2.31. The van der Waals surface area contributed by atoms with Crippen LogP contribution in [0.3, 0.4) is 0 Å². The van der Waals surface area contributed by atoms with Crippen LogP contribution in [0.1, 0.15) is 37.0 Å². The van der Waals surface area contributed by atoms with E-state index in [-0.39, 0.29) is 6.10 Å². The van der Waals surface area contributed by atoms with Gasteiger partial charge in [-0.25, -0.2) is 0 Å². The van der Waals surface area contributed by atoms with Crippen LogP contribution in [0.5, 0.6) is 0 Å². The first kappa shape index (κ1) is 9.47. The first-order chi connectivity index (χ1) is 6.92. The minimum absolute atomic E-state index is 0.192. The fourth-order valence-electron chi connectivity index (χ4n) is 1.76. The molecule has 0 N–H and O–H groups in total. The minimum atomic E-state index is 0.192. The molecule has 0 amide bonds. The van der Waals surface area contributed by atoms with Gasteiger partial charge in [-0.05, 0) is 17.5 Å². The second-order valence-electron chi connectivity index (χ2n) is 3.65. The third kappa shape index (κ3) is 1.88. The number of rotatable bonds is 3. The van der Waals surface area contributed by atoms with E-state index in [1.807, 2.05) is 0 Å². The molecule has 0 spiro atoms. The molecule has 0 aliphatic carbocycles. The standard InChI is InChI=1S/C13H16O/c1-2-3-4-9-13-12-8-6-5-7-11(12)10-14-13/h4-9,13H,2-3,10H2,1H3/b9-4+. The highest BCUT2D eigenvalue weighted by atomic mass is 16.5. The predicted molar refractivity (Wildman–Crippen MR) is 58.0 cm³/mol. The van der Waals surface area contributed by atoms with Crippen molar-refractivity contribution in [2.45, 2.75) is 32.5 Å². The van der Waals surface area contributed by atoms with Crippen molar-refractivity contribution in [2.75, 3.05) is 0 Å². The molecule has 0 bridgehead atoms. The number of unbranched alkanes of at least 4 members (excludes halogenated alkanes) is 1. The smallest absolute Gasteiger partial charge is 0.101 e. The lowest BCUT2D eigenvalue weighted by Crippen LogP contribution is -1.89. The lowest BCUT2D eigenvalue weighted by atomic mass is 10.1. The van der Waals surface area contributed by atoms with Crippen LogP contribution in [0.4, 0.5) is 0 Å². The molecule has 74 valence electrons. The Morgan fingerprint density at radius 2 is 2.29 bits per heavy atom. The SMILES string of the molecule is CCC/C=C/C1OCc2ccccc21. The molecule has 0 saturated heterocycles. The summed E-state index contributed by atoms with van der Waals surface area (Å²) in [5.74, 6) is 0. The Morgan fingerprint density at radius 3 is 3.14 bits per heavy atom. The monoisotopic (exact) mass is 188 g/mol. The Hall–Kier alpha value is -1.08. The number of allylic oxidation sites excluding steroid dienone is 1. The van der Waals surface area contributed by atoms with Gasteiger partial charge in [-0.3, -0.25) is 0 Å². The van der Waals surface area contributed by atoms with Gasteiger partial charge in [0.1, 0.15) is 6.10 Å². The topological polar surface area (TPSA) is 9.23 Å². The Morgan fingerprint density at radius 1 is 1.43 bits per heavy atom. The van der Waals surface area contributed by atoms with Gasteiger partial charge in [0, 0.05) is 0 Å². The summed E-state index contributed by atoms with van der Waals surface area (Å²) in [7, 11) is 0. The zero-order valence-corrected chi connectivity index (χ0v) is 8.57. The molecule has 2 rings (SSSR count). The fourth-order valence-corrected chi connectivity index (χ4v) is 1.76. The maximum Gasteiger partial charge on any atom is 0.101 e. The van der Waals surface area contributed by atoms with E-state index < -0.39 is 0 Å². The van der Waals surface area contributed by atoms with Crippen molar-refractivity contribution < 1.29 is 4.74 Å². The van der Waals surface area contributed by atoms with Gasteiger partial charge in [-0.15, -0.1) is 0 Å². The molecule has 0 radical (unpaired) electrons. The van der Waals surface area contributed by atoms with Crippen molar-refractivity contribution in [1.82, 2.24) is 0 Å². The van der Waals surface area contributed by atoms with Gasteiger partial charge in [-0.1, -0.05) is 49.8 Å². The Balaban J connectivity index is 2.10. The Labute approximate surface area is 85.4 Å². The van der Waals surface area contributed by atoms with Crippen LogP contribution >= 0.6 is 0 Å². The first-order valence-electron chi connectivity index (χ1n) is 5.28. The molecule has 1 heteroatoms. The van der Waals surface area contributed by atoms with E-state index in [1.54, 1.807) is 0 Å². The quantitative estimate of drug-likeness (QED) is 0.658. The molecule has 14 heavy (non-hydrogen) atoms. The third-order valence-electron chi connectivity index (χ3n) is 2.55. The molecule has 1 aromatic carbocycles. The van der Waals surface area contributed by atoms with Gasteiger partial charge >= 0.3 is 0 Å². The van der Waals surface area contributed by atoms with Crippen LogP contribution in [0.25, 0.3) is 0 Å². The van der Waals surface area contributed by atoms with Crippen molar-refractivity contribution in [2.24, 2.45) is 0 Å². The molecule has 1 heterocycles. The van der Waals surface area contributed by atoms with Crippen molar-refractivity contribution in [3.05, 3.63) is 47.5 Å². The van der Waals surface area contributed by atoms with E-state index in [2.05, 4.69) is 43.3 Å². The summed E-state index contributed by atoms with van der Waals surface area (Å²) in [5, 5.41) is 0. The zero-order valence-electron chi connectivity index (χ0n) is 8.57. The van der Waals surface area contributed by atoms with Crippen LogP contribution in [0, 0.1) is 0 Å². The maximum absolute atomic E-state index is 5.68. The summed E-state index contributed by atoms with van der Waals surface area (Å²) >= 11 is 0. The summed E-state index contributed by atoms with van der Waals surface area (Å²) in [4.78, 5) is 0. The molecule has 1 aliphatic heterocycles. The number of fused-ring (bicyclic) bond motifs is 1. The van der Waals surface area contributed by atoms with Crippen molar-refractivity contribution in [1.29, 1.82) is 0 Å². The second kappa shape index (κ2) is 4.43. The molecular weight excluding hydrogens is 172 g/mol. The lowest BCUT2D eigenvalue weighted by molar-refractivity contribution is 0.0989. The lowest BCUT2D eigenvalue weighted by Gasteiger charge is -2.04.